The Kier molecular flexibility index (Phi) is 2.56. The average molecular weight is 196 g/mol. The largest absolute Gasteiger partial charge is 0.486 e. The number of benzene rings is 1. The van der Waals surface area contributed by atoms with Crippen molar-refractivity contribution in [1.29, 1.82) is 0 Å². The summed E-state index contributed by atoms with van der Waals surface area (Å²) in [5.41, 5.74) is 1.38. The lowest BCUT2D eigenvalue weighted by atomic mass is 10.1. The minimum absolute atomic E-state index is 0.0859. The Hall–Kier alpha value is -1.26. The summed E-state index contributed by atoms with van der Waals surface area (Å²) in [6.45, 7) is 0.790. The maximum Gasteiger partial charge on any atom is 0.167 e. The smallest absolute Gasteiger partial charge is 0.167 e. The zero-order valence-corrected chi connectivity index (χ0v) is 7.69. The van der Waals surface area contributed by atoms with Crippen molar-refractivity contribution >= 4 is 0 Å². The van der Waals surface area contributed by atoms with Crippen molar-refractivity contribution in [2.45, 2.75) is 13.2 Å². The molecule has 4 nitrogen and oxygen atoms in total. The van der Waals surface area contributed by atoms with Gasteiger partial charge in [0.25, 0.3) is 0 Å². The van der Waals surface area contributed by atoms with Gasteiger partial charge in [-0.25, -0.2) is 0 Å². The molecule has 0 atom stereocenters. The molecule has 0 aromatic heterocycles. The van der Waals surface area contributed by atoms with E-state index in [1.54, 1.807) is 12.1 Å². The van der Waals surface area contributed by atoms with E-state index in [1.165, 1.54) is 0 Å². The van der Waals surface area contributed by atoms with Crippen LogP contribution in [0.5, 0.6) is 11.5 Å². The second-order valence-corrected chi connectivity index (χ2v) is 3.06. The van der Waals surface area contributed by atoms with Crippen molar-refractivity contribution in [2.75, 3.05) is 13.2 Å². The molecule has 2 rings (SSSR count). The highest BCUT2D eigenvalue weighted by atomic mass is 16.6. The van der Waals surface area contributed by atoms with Gasteiger partial charge in [0.1, 0.15) is 13.2 Å². The Morgan fingerprint density at radius 1 is 0.929 bits per heavy atom. The van der Waals surface area contributed by atoms with E-state index in [0.29, 0.717) is 35.8 Å². The van der Waals surface area contributed by atoms with Gasteiger partial charge < -0.3 is 19.7 Å². The standard InChI is InChI=1S/C10H12O4/c11-5-7-1-2-8(6-12)10-9(7)13-3-4-14-10/h1-2,11-12H,3-6H2. The second-order valence-electron chi connectivity index (χ2n) is 3.06. The van der Waals surface area contributed by atoms with E-state index in [2.05, 4.69) is 0 Å². The van der Waals surface area contributed by atoms with Crippen LogP contribution in [0, 0.1) is 0 Å². The summed E-state index contributed by atoms with van der Waals surface area (Å²) in [6, 6.07) is 3.47. The maximum atomic E-state index is 9.06. The zero-order valence-electron chi connectivity index (χ0n) is 7.69. The molecule has 14 heavy (non-hydrogen) atoms. The van der Waals surface area contributed by atoms with Crippen LogP contribution in [0.25, 0.3) is 0 Å². The highest BCUT2D eigenvalue weighted by Crippen LogP contribution is 2.37. The molecule has 0 radical (unpaired) electrons. The van der Waals surface area contributed by atoms with Crippen molar-refractivity contribution in [2.24, 2.45) is 0 Å². The molecule has 1 heterocycles. The summed E-state index contributed by atoms with van der Waals surface area (Å²) in [4.78, 5) is 0. The van der Waals surface area contributed by atoms with Crippen molar-refractivity contribution < 1.29 is 19.7 Å². The fourth-order valence-electron chi connectivity index (χ4n) is 1.50. The van der Waals surface area contributed by atoms with Gasteiger partial charge in [-0.3, -0.25) is 0 Å². The molecule has 1 aromatic carbocycles. The van der Waals surface area contributed by atoms with Crippen LogP contribution in [-0.2, 0) is 13.2 Å². The Labute approximate surface area is 81.7 Å². The Balaban J connectivity index is 2.50. The maximum absolute atomic E-state index is 9.06. The lowest BCUT2D eigenvalue weighted by Crippen LogP contribution is -2.18. The highest BCUT2D eigenvalue weighted by Gasteiger charge is 2.18. The summed E-state index contributed by atoms with van der Waals surface area (Å²) >= 11 is 0. The molecule has 0 unspecified atom stereocenters. The van der Waals surface area contributed by atoms with Crippen molar-refractivity contribution in [1.82, 2.24) is 0 Å². The summed E-state index contributed by atoms with van der Waals surface area (Å²) in [6.07, 6.45) is 0. The first-order valence-electron chi connectivity index (χ1n) is 4.49. The van der Waals surface area contributed by atoms with Crippen molar-refractivity contribution in [3.05, 3.63) is 23.3 Å². The van der Waals surface area contributed by atoms with E-state index in [-0.39, 0.29) is 13.2 Å². The van der Waals surface area contributed by atoms with Crippen LogP contribution in [0.1, 0.15) is 11.1 Å². The minimum atomic E-state index is -0.0859. The van der Waals surface area contributed by atoms with E-state index in [1.807, 2.05) is 0 Å². The number of hydrogen-bond donors (Lipinski definition) is 2. The zero-order chi connectivity index (χ0) is 9.97. The Morgan fingerprint density at radius 3 is 1.71 bits per heavy atom. The number of rotatable bonds is 2. The van der Waals surface area contributed by atoms with Crippen LogP contribution in [0.4, 0.5) is 0 Å². The number of ether oxygens (including phenoxy) is 2. The fourth-order valence-corrected chi connectivity index (χ4v) is 1.50. The van der Waals surface area contributed by atoms with E-state index in [4.69, 9.17) is 19.7 Å². The number of aliphatic hydroxyl groups is 2. The first-order valence-corrected chi connectivity index (χ1v) is 4.49. The summed E-state index contributed by atoms with van der Waals surface area (Å²) in [5, 5.41) is 18.1. The van der Waals surface area contributed by atoms with Crippen molar-refractivity contribution in [3.63, 3.8) is 0 Å². The molecule has 4 heteroatoms. The van der Waals surface area contributed by atoms with Crippen LogP contribution < -0.4 is 9.47 Å². The SMILES string of the molecule is OCc1ccc(CO)c2c1OCCO2. The van der Waals surface area contributed by atoms with Crippen LogP contribution in [0.15, 0.2) is 12.1 Å². The van der Waals surface area contributed by atoms with E-state index >= 15 is 0 Å². The molecule has 0 amide bonds. The normalized spacial score (nSPS) is 14.1. The molecule has 1 aromatic rings. The lowest BCUT2D eigenvalue weighted by Gasteiger charge is -2.22. The first-order chi connectivity index (χ1) is 6.86. The third-order valence-corrected chi connectivity index (χ3v) is 2.19. The average Bonchev–Trinajstić information content (AvgIpc) is 2.27. The molecule has 1 aliphatic heterocycles. The quantitative estimate of drug-likeness (QED) is 0.720. The molecule has 1 aliphatic rings. The lowest BCUT2D eigenvalue weighted by molar-refractivity contribution is 0.159. The van der Waals surface area contributed by atoms with Crippen molar-refractivity contribution in [3.8, 4) is 11.5 Å². The topological polar surface area (TPSA) is 58.9 Å². The van der Waals surface area contributed by atoms with Gasteiger partial charge in [-0.2, -0.15) is 0 Å². The third kappa shape index (κ3) is 1.42. The van der Waals surface area contributed by atoms with Gasteiger partial charge >= 0.3 is 0 Å². The summed E-state index contributed by atoms with van der Waals surface area (Å²) in [7, 11) is 0. The fraction of sp³-hybridized carbons (Fsp3) is 0.400. The molecule has 0 saturated heterocycles. The van der Waals surface area contributed by atoms with Gasteiger partial charge in [0.05, 0.1) is 13.2 Å². The molecule has 0 fully saturated rings. The van der Waals surface area contributed by atoms with Gasteiger partial charge in [0, 0.05) is 11.1 Å². The predicted octanol–water partition coefficient (Wildman–Crippen LogP) is 0.442. The molecule has 0 aliphatic carbocycles. The van der Waals surface area contributed by atoms with Gasteiger partial charge in [-0.15, -0.1) is 0 Å². The predicted molar refractivity (Wildman–Crippen MR) is 49.3 cm³/mol. The van der Waals surface area contributed by atoms with Gasteiger partial charge in [0.15, 0.2) is 11.5 Å². The minimum Gasteiger partial charge on any atom is -0.486 e. The van der Waals surface area contributed by atoms with Crippen LogP contribution >= 0.6 is 0 Å². The third-order valence-electron chi connectivity index (χ3n) is 2.19. The summed E-state index contributed by atoms with van der Waals surface area (Å²) < 4.78 is 10.8. The Morgan fingerprint density at radius 2 is 1.36 bits per heavy atom. The van der Waals surface area contributed by atoms with Gasteiger partial charge in [0.2, 0.25) is 0 Å². The number of aliphatic hydroxyl groups excluding tert-OH is 2. The molecule has 0 saturated carbocycles. The Bertz CT molecular complexity index is 302. The van der Waals surface area contributed by atoms with Gasteiger partial charge in [-0.05, 0) is 0 Å². The molecular formula is C10H12O4. The molecule has 76 valence electrons. The van der Waals surface area contributed by atoms with E-state index in [9.17, 15) is 0 Å². The monoisotopic (exact) mass is 196 g/mol. The molecular weight excluding hydrogens is 184 g/mol. The second kappa shape index (κ2) is 3.86. The van der Waals surface area contributed by atoms with E-state index < -0.39 is 0 Å². The first kappa shape index (κ1) is 9.30. The van der Waals surface area contributed by atoms with Crippen LogP contribution in [0.2, 0.25) is 0 Å². The number of fused-ring (bicyclic) bond motifs is 1. The number of hydrogen-bond acceptors (Lipinski definition) is 4. The van der Waals surface area contributed by atoms with Crippen LogP contribution in [0.3, 0.4) is 0 Å². The molecule has 0 spiro atoms. The van der Waals surface area contributed by atoms with Gasteiger partial charge in [-0.1, -0.05) is 12.1 Å². The van der Waals surface area contributed by atoms with E-state index in [0.717, 1.165) is 0 Å². The molecule has 0 bridgehead atoms. The molecule has 2 N–H and O–H groups in total. The van der Waals surface area contributed by atoms with Crippen LogP contribution in [-0.4, -0.2) is 23.4 Å². The summed E-state index contributed by atoms with van der Waals surface area (Å²) in [5.74, 6) is 1.12. The highest BCUT2D eigenvalue weighted by molar-refractivity contribution is 5.52.